The molecule has 2 nitrogen and oxygen atoms in total. The molecule has 0 spiro atoms. The Bertz CT molecular complexity index is 1520. The molecule has 0 atom stereocenters. The quantitative estimate of drug-likeness (QED) is 0.0784. The van der Waals surface area contributed by atoms with Gasteiger partial charge in [-0.1, -0.05) is 0 Å². The Balaban J connectivity index is 0.000000301. The molecule has 6 aromatic rings. The number of hydrogen-bond donors (Lipinski definition) is 0. The monoisotopic (exact) mass is 1290 g/mol. The van der Waals surface area contributed by atoms with Gasteiger partial charge in [0, 0.05) is 0 Å². The molecular weight excluding hydrogens is 1250 g/mol. The summed E-state index contributed by atoms with van der Waals surface area (Å²) in [5.74, 6) is 0. The first-order chi connectivity index (χ1) is 24.1. The van der Waals surface area contributed by atoms with Gasteiger partial charge in [0.2, 0.25) is 0 Å². The van der Waals surface area contributed by atoms with E-state index in [1.165, 1.54) is 108 Å². The van der Waals surface area contributed by atoms with Crippen LogP contribution in [-0.4, -0.2) is 49.0 Å². The van der Waals surface area contributed by atoms with Crippen LogP contribution < -0.4 is 21.1 Å². The van der Waals surface area contributed by atoms with E-state index in [1.807, 2.05) is 0 Å². The van der Waals surface area contributed by atoms with Gasteiger partial charge in [0.05, 0.1) is 0 Å². The van der Waals surface area contributed by atoms with Crippen LogP contribution >= 0.6 is 45.2 Å². The van der Waals surface area contributed by atoms with Gasteiger partial charge in [0.25, 0.3) is 0 Å². The normalized spacial score (nSPS) is 9.92. The third-order valence-electron chi connectivity index (χ3n) is 7.75. The topological polar surface area (TPSA) is 34.1 Å². The number of aryl methyl sites for hydroxylation is 6. The summed E-state index contributed by atoms with van der Waals surface area (Å²) in [6.45, 7) is 12.9. The van der Waals surface area contributed by atoms with E-state index in [4.69, 9.17) is 9.59 Å². The van der Waals surface area contributed by atoms with Crippen LogP contribution in [0.15, 0.2) is 146 Å². The Kier molecular flexibility index (Phi) is 22.0. The predicted octanol–water partition coefficient (Wildman–Crippen LogP) is 6.96. The molecule has 1 radical (unpaired) electrons. The first kappa shape index (κ1) is 45.6. The van der Waals surface area contributed by atoms with Gasteiger partial charge >= 0.3 is 302 Å². The second kappa shape index (κ2) is 24.7. The fourth-order valence-electron chi connectivity index (χ4n) is 5.06. The molecule has 0 bridgehead atoms. The fourth-order valence-corrected chi connectivity index (χ4v) is 17.8. The molecule has 7 heteroatoms. The van der Waals surface area contributed by atoms with Crippen molar-refractivity contribution in [1.29, 1.82) is 0 Å². The molecule has 0 N–H and O–H groups in total. The predicted molar refractivity (Wildman–Crippen MR) is 237 cm³/mol. The molecule has 6 rings (SSSR count). The standard InChI is InChI=1S/6C7H7.2CIO.Ir.2Sb.H/c6*1-7-5-3-2-4-6-7;2*2-1-3;;;;/h6*3-6H,1H3;;;;;;/q;;;;;;2*-1;+2;;;. The van der Waals surface area contributed by atoms with Crippen LogP contribution in [0.1, 0.15) is 33.4 Å². The molecule has 0 aliphatic heterocycles. The van der Waals surface area contributed by atoms with Gasteiger partial charge in [-0.2, -0.15) is 8.59 Å². The van der Waals surface area contributed by atoms with Crippen molar-refractivity contribution >= 4 is 115 Å². The van der Waals surface area contributed by atoms with E-state index in [1.54, 1.807) is 0 Å². The van der Waals surface area contributed by atoms with Crippen LogP contribution in [-0.2, 0) is 29.7 Å². The van der Waals surface area contributed by atoms with Gasteiger partial charge in [-0.3, -0.25) is 45.2 Å². The molecule has 0 aliphatic carbocycles. The number of rotatable bonds is 6. The summed E-state index contributed by atoms with van der Waals surface area (Å²) >= 11 is -0.840. The van der Waals surface area contributed by atoms with Crippen LogP contribution in [0, 0.1) is 41.5 Å². The van der Waals surface area contributed by atoms with Crippen LogP contribution in [0.2, 0.25) is 0 Å². The second-order valence-electron chi connectivity index (χ2n) is 11.8. The molecule has 0 saturated heterocycles. The summed E-state index contributed by atoms with van der Waals surface area (Å²) in [6.07, 6.45) is 0. The molecule has 264 valence electrons. The third-order valence-corrected chi connectivity index (χ3v) is 21.7. The average molecular weight is 1290 g/mol. The van der Waals surface area contributed by atoms with Crippen LogP contribution in [0.4, 0.5) is 0 Å². The maximum atomic E-state index is 8.67. The van der Waals surface area contributed by atoms with Crippen molar-refractivity contribution in [1.82, 2.24) is 0 Å². The zero-order valence-electron chi connectivity index (χ0n) is 29.7. The van der Waals surface area contributed by atoms with Crippen LogP contribution in [0.25, 0.3) is 0 Å². The Morgan fingerprint density at radius 2 is 0.412 bits per heavy atom. The summed E-state index contributed by atoms with van der Waals surface area (Å²) in [6, 6.07) is 54.9. The van der Waals surface area contributed by atoms with Gasteiger partial charge in [0.15, 0.2) is 0 Å². The molecule has 0 aromatic heterocycles. The van der Waals surface area contributed by atoms with Gasteiger partial charge in [-0.05, 0) is 0 Å². The SMILES string of the molecule is Cc1cc[c]([Sb]([c]2ccc(C)cc2)[c]2ccc(C)cc2)cc1.Cc1cc[c]([Sb]([c]2ccc(C)cc2)[c]2ccc(C)cc2)cc1.O=[C-]I.O=[C-]I.[IrH+2]. The third kappa shape index (κ3) is 15.4. The van der Waals surface area contributed by atoms with E-state index in [9.17, 15) is 0 Å². The van der Waals surface area contributed by atoms with Gasteiger partial charge in [0.1, 0.15) is 0 Å². The number of hydrogen-bond acceptors (Lipinski definition) is 2. The van der Waals surface area contributed by atoms with E-state index in [-0.39, 0.29) is 20.1 Å². The summed E-state index contributed by atoms with van der Waals surface area (Å²) < 4.78 is 12.1. The van der Waals surface area contributed by atoms with Crippen LogP contribution in [0.3, 0.4) is 0 Å². The number of halogens is 2. The van der Waals surface area contributed by atoms with Crippen molar-refractivity contribution in [3.8, 4) is 0 Å². The van der Waals surface area contributed by atoms with Gasteiger partial charge in [-0.25, -0.2) is 0 Å². The molecule has 0 amide bonds. The first-order valence-corrected chi connectivity index (χ1v) is 25.9. The van der Waals surface area contributed by atoms with E-state index in [2.05, 4.69) is 187 Å². The molecular formula is C44H43I2IrO2Sb2. The molecule has 0 saturated carbocycles. The molecule has 0 aliphatic rings. The zero-order chi connectivity index (χ0) is 36.5. The van der Waals surface area contributed by atoms with E-state index < -0.39 is 40.4 Å². The number of benzene rings is 6. The zero-order valence-corrected chi connectivity index (χ0v) is 41.6. The van der Waals surface area contributed by atoms with E-state index >= 15 is 0 Å². The maximum absolute atomic E-state index is 8.67. The van der Waals surface area contributed by atoms with Crippen LogP contribution in [0.5, 0.6) is 0 Å². The van der Waals surface area contributed by atoms with Gasteiger partial charge in [-0.15, -0.1) is 0 Å². The molecule has 0 fully saturated rings. The summed E-state index contributed by atoms with van der Waals surface area (Å²) in [4.78, 5) is 17.3. The van der Waals surface area contributed by atoms with Gasteiger partial charge < -0.3 is 9.59 Å². The average Bonchev–Trinajstić information content (AvgIpc) is 3.11. The minimum atomic E-state index is -1.90. The van der Waals surface area contributed by atoms with E-state index in [0.717, 1.165) is 0 Å². The van der Waals surface area contributed by atoms with Crippen molar-refractivity contribution in [2.24, 2.45) is 0 Å². The molecule has 0 heterocycles. The summed E-state index contributed by atoms with van der Waals surface area (Å²) in [5.41, 5.74) is 7.98. The molecule has 6 aromatic carbocycles. The van der Waals surface area contributed by atoms with Crippen molar-refractivity contribution in [2.45, 2.75) is 41.5 Å². The Hall–Kier alpha value is -1.59. The van der Waals surface area contributed by atoms with Crippen molar-refractivity contribution in [3.05, 3.63) is 179 Å². The molecule has 51 heavy (non-hydrogen) atoms. The summed E-state index contributed by atoms with van der Waals surface area (Å²) in [7, 11) is 0. The molecule has 0 unspecified atom stereocenters. The van der Waals surface area contributed by atoms with Crippen molar-refractivity contribution in [3.63, 3.8) is 0 Å². The minimum absolute atomic E-state index is 0. The van der Waals surface area contributed by atoms with E-state index in [0.29, 0.717) is 0 Å². The second-order valence-corrected chi connectivity index (χ2v) is 25.4. The fraction of sp³-hybridized carbons (Fsp3) is 0.136. The number of carbonyl (C=O) groups excluding carboxylic acids is 2. The Morgan fingerprint density at radius 3 is 0.510 bits per heavy atom. The van der Waals surface area contributed by atoms with Crippen molar-refractivity contribution in [2.75, 3.05) is 0 Å². The summed E-state index contributed by atoms with van der Waals surface area (Å²) in [5, 5.41) is 0. The van der Waals surface area contributed by atoms with Crippen molar-refractivity contribution < 1.29 is 29.7 Å². The Morgan fingerprint density at radius 1 is 0.314 bits per heavy atom. The Labute approximate surface area is 360 Å². The first-order valence-electron chi connectivity index (χ1n) is 16.1.